The van der Waals surface area contributed by atoms with Crippen LogP contribution in [0.5, 0.6) is 0 Å². The fourth-order valence-corrected chi connectivity index (χ4v) is 4.51. The standard InChI is InChI=1S/C18H27NO/c1-12(2)16-9-8-13(3)10-18(16,20)17-15-7-5-4-6-14(15)11-19-17/h4-7,12-13,16-17,19-20H,8-11H2,1-3H3. The van der Waals surface area contributed by atoms with Gasteiger partial charge in [-0.3, -0.25) is 0 Å². The summed E-state index contributed by atoms with van der Waals surface area (Å²) in [6.45, 7) is 7.68. The van der Waals surface area contributed by atoms with E-state index in [2.05, 4.69) is 50.4 Å². The summed E-state index contributed by atoms with van der Waals surface area (Å²) in [5.74, 6) is 1.54. The van der Waals surface area contributed by atoms with E-state index in [9.17, 15) is 5.11 Å². The van der Waals surface area contributed by atoms with Crippen molar-refractivity contribution in [3.8, 4) is 0 Å². The molecular weight excluding hydrogens is 246 g/mol. The Hall–Kier alpha value is -0.860. The number of benzene rings is 1. The Balaban J connectivity index is 1.97. The first-order valence-corrected chi connectivity index (χ1v) is 8.06. The SMILES string of the molecule is CC1CCC(C(C)C)C(O)(C2NCc3ccccc32)C1. The van der Waals surface area contributed by atoms with E-state index >= 15 is 0 Å². The van der Waals surface area contributed by atoms with Crippen LogP contribution in [0.15, 0.2) is 24.3 Å². The Bertz CT molecular complexity index is 484. The second-order valence-electron chi connectivity index (χ2n) is 7.24. The van der Waals surface area contributed by atoms with Gasteiger partial charge >= 0.3 is 0 Å². The van der Waals surface area contributed by atoms with Crippen molar-refractivity contribution in [3.63, 3.8) is 0 Å². The zero-order chi connectivity index (χ0) is 14.3. The lowest BCUT2D eigenvalue weighted by Gasteiger charge is -2.48. The second-order valence-corrected chi connectivity index (χ2v) is 7.24. The van der Waals surface area contributed by atoms with Crippen molar-refractivity contribution < 1.29 is 5.11 Å². The minimum atomic E-state index is -0.599. The van der Waals surface area contributed by atoms with Gasteiger partial charge in [-0.1, -0.05) is 51.5 Å². The molecule has 0 spiro atoms. The highest BCUT2D eigenvalue weighted by atomic mass is 16.3. The number of hydrogen-bond acceptors (Lipinski definition) is 2. The normalized spacial score (nSPS) is 37.1. The van der Waals surface area contributed by atoms with E-state index in [0.29, 0.717) is 17.8 Å². The zero-order valence-corrected chi connectivity index (χ0v) is 12.9. The highest BCUT2D eigenvalue weighted by Crippen LogP contribution is 2.49. The zero-order valence-electron chi connectivity index (χ0n) is 12.9. The average Bonchev–Trinajstić information content (AvgIpc) is 2.82. The largest absolute Gasteiger partial charge is 0.388 e. The fraction of sp³-hybridized carbons (Fsp3) is 0.667. The van der Waals surface area contributed by atoms with Crippen LogP contribution in [0.3, 0.4) is 0 Å². The molecule has 0 saturated heterocycles. The molecule has 4 unspecified atom stereocenters. The molecule has 110 valence electrons. The van der Waals surface area contributed by atoms with Crippen molar-refractivity contribution in [1.82, 2.24) is 5.32 Å². The summed E-state index contributed by atoms with van der Waals surface area (Å²) in [6, 6.07) is 8.67. The minimum Gasteiger partial charge on any atom is -0.388 e. The van der Waals surface area contributed by atoms with Crippen molar-refractivity contribution in [2.24, 2.45) is 17.8 Å². The van der Waals surface area contributed by atoms with E-state index in [0.717, 1.165) is 19.4 Å². The smallest absolute Gasteiger partial charge is 0.0874 e. The molecule has 4 atom stereocenters. The van der Waals surface area contributed by atoms with Gasteiger partial charge in [-0.2, -0.15) is 0 Å². The summed E-state index contributed by atoms with van der Waals surface area (Å²) in [4.78, 5) is 0. The van der Waals surface area contributed by atoms with Crippen LogP contribution >= 0.6 is 0 Å². The third-order valence-corrected chi connectivity index (χ3v) is 5.46. The Labute approximate surface area is 122 Å². The topological polar surface area (TPSA) is 32.3 Å². The molecule has 2 N–H and O–H groups in total. The molecule has 2 nitrogen and oxygen atoms in total. The van der Waals surface area contributed by atoms with E-state index in [1.807, 2.05) is 0 Å². The number of rotatable bonds is 2. The molecule has 2 heteroatoms. The van der Waals surface area contributed by atoms with Crippen LogP contribution in [-0.4, -0.2) is 10.7 Å². The predicted octanol–water partition coefficient (Wildman–Crippen LogP) is 3.65. The molecular formula is C18H27NO. The molecule has 1 saturated carbocycles. The van der Waals surface area contributed by atoms with E-state index in [-0.39, 0.29) is 6.04 Å². The van der Waals surface area contributed by atoms with Gasteiger partial charge in [0.25, 0.3) is 0 Å². The molecule has 1 aromatic carbocycles. The lowest BCUT2D eigenvalue weighted by Crippen LogP contribution is -2.52. The van der Waals surface area contributed by atoms with E-state index in [4.69, 9.17) is 0 Å². The Morgan fingerprint density at radius 2 is 2.00 bits per heavy atom. The Kier molecular flexibility index (Phi) is 3.64. The van der Waals surface area contributed by atoms with Crippen molar-refractivity contribution in [2.45, 2.75) is 58.2 Å². The van der Waals surface area contributed by atoms with Crippen LogP contribution in [-0.2, 0) is 6.54 Å². The lowest BCUT2D eigenvalue weighted by molar-refractivity contribution is -0.105. The maximum absolute atomic E-state index is 11.6. The Morgan fingerprint density at radius 1 is 1.25 bits per heavy atom. The van der Waals surface area contributed by atoms with Gasteiger partial charge in [-0.05, 0) is 41.7 Å². The molecule has 0 amide bonds. The molecule has 0 radical (unpaired) electrons. The average molecular weight is 273 g/mol. The van der Waals surface area contributed by atoms with Crippen LogP contribution in [0, 0.1) is 17.8 Å². The van der Waals surface area contributed by atoms with Gasteiger partial charge in [0.05, 0.1) is 11.6 Å². The van der Waals surface area contributed by atoms with Crippen molar-refractivity contribution >= 4 is 0 Å². The van der Waals surface area contributed by atoms with Gasteiger partial charge in [-0.25, -0.2) is 0 Å². The van der Waals surface area contributed by atoms with Crippen LogP contribution in [0.1, 0.15) is 57.2 Å². The lowest BCUT2D eigenvalue weighted by atomic mass is 9.63. The van der Waals surface area contributed by atoms with Crippen LogP contribution in [0.2, 0.25) is 0 Å². The predicted molar refractivity (Wildman–Crippen MR) is 82.3 cm³/mol. The molecule has 3 rings (SSSR count). The second kappa shape index (κ2) is 5.16. The summed E-state index contributed by atoms with van der Waals surface area (Å²) >= 11 is 0. The van der Waals surface area contributed by atoms with Gasteiger partial charge in [0.15, 0.2) is 0 Å². The highest BCUT2D eigenvalue weighted by molar-refractivity contribution is 5.36. The van der Waals surface area contributed by atoms with Crippen LogP contribution in [0.25, 0.3) is 0 Å². The van der Waals surface area contributed by atoms with Crippen LogP contribution in [0.4, 0.5) is 0 Å². The van der Waals surface area contributed by atoms with E-state index in [1.54, 1.807) is 0 Å². The maximum atomic E-state index is 11.6. The summed E-state index contributed by atoms with van der Waals surface area (Å²) in [5, 5.41) is 15.1. The molecule has 20 heavy (non-hydrogen) atoms. The Morgan fingerprint density at radius 3 is 2.75 bits per heavy atom. The molecule has 2 aliphatic rings. The molecule has 1 fully saturated rings. The first kappa shape index (κ1) is 14.1. The van der Waals surface area contributed by atoms with E-state index in [1.165, 1.54) is 17.5 Å². The highest BCUT2D eigenvalue weighted by Gasteiger charge is 2.50. The summed E-state index contributed by atoms with van der Waals surface area (Å²) in [5.41, 5.74) is 2.07. The molecule has 1 heterocycles. The molecule has 1 aromatic rings. The number of aliphatic hydroxyl groups is 1. The molecule has 1 aliphatic carbocycles. The summed E-state index contributed by atoms with van der Waals surface area (Å²) in [7, 11) is 0. The molecule has 0 aromatic heterocycles. The van der Waals surface area contributed by atoms with Crippen molar-refractivity contribution in [2.75, 3.05) is 0 Å². The first-order valence-electron chi connectivity index (χ1n) is 8.06. The van der Waals surface area contributed by atoms with E-state index < -0.39 is 5.60 Å². The first-order chi connectivity index (χ1) is 9.52. The van der Waals surface area contributed by atoms with Gasteiger partial charge in [-0.15, -0.1) is 0 Å². The monoisotopic (exact) mass is 273 g/mol. The number of nitrogens with one attached hydrogen (secondary N) is 1. The van der Waals surface area contributed by atoms with Gasteiger partial charge in [0.2, 0.25) is 0 Å². The number of hydrogen-bond donors (Lipinski definition) is 2. The maximum Gasteiger partial charge on any atom is 0.0874 e. The van der Waals surface area contributed by atoms with Crippen molar-refractivity contribution in [1.29, 1.82) is 0 Å². The fourth-order valence-electron chi connectivity index (χ4n) is 4.51. The van der Waals surface area contributed by atoms with Gasteiger partial charge in [0.1, 0.15) is 0 Å². The van der Waals surface area contributed by atoms with Crippen LogP contribution < -0.4 is 5.32 Å². The third kappa shape index (κ3) is 2.19. The van der Waals surface area contributed by atoms with Crippen molar-refractivity contribution in [3.05, 3.63) is 35.4 Å². The minimum absolute atomic E-state index is 0.105. The summed E-state index contributed by atoms with van der Waals surface area (Å²) < 4.78 is 0. The molecule has 0 bridgehead atoms. The van der Waals surface area contributed by atoms with Gasteiger partial charge in [0, 0.05) is 6.54 Å². The summed E-state index contributed by atoms with van der Waals surface area (Å²) in [6.07, 6.45) is 3.32. The van der Waals surface area contributed by atoms with Gasteiger partial charge < -0.3 is 10.4 Å². The quantitative estimate of drug-likeness (QED) is 0.862. The molecule has 1 aliphatic heterocycles. The number of fused-ring (bicyclic) bond motifs is 1. The third-order valence-electron chi connectivity index (χ3n) is 5.46.